The van der Waals surface area contributed by atoms with Crippen LogP contribution in [0.4, 0.5) is 0 Å². The van der Waals surface area contributed by atoms with E-state index in [1.807, 2.05) is 36.4 Å². The lowest BCUT2D eigenvalue weighted by Crippen LogP contribution is -2.27. The van der Waals surface area contributed by atoms with E-state index in [-0.39, 0.29) is 11.9 Å². The fourth-order valence-electron chi connectivity index (χ4n) is 2.82. The Labute approximate surface area is 148 Å². The Morgan fingerprint density at radius 2 is 1.96 bits per heavy atom. The minimum atomic E-state index is -0.0547. The molecule has 0 saturated heterocycles. The lowest BCUT2D eigenvalue weighted by molar-refractivity contribution is 0.0949. The summed E-state index contributed by atoms with van der Waals surface area (Å²) in [5, 5.41) is 2.96. The van der Waals surface area contributed by atoms with Gasteiger partial charge < -0.3 is 9.88 Å². The van der Waals surface area contributed by atoms with Crippen molar-refractivity contribution in [3.8, 4) is 11.4 Å². The molecule has 3 aromatic rings. The molecule has 2 heterocycles. The van der Waals surface area contributed by atoms with Gasteiger partial charge in [-0.05, 0) is 44.0 Å². The van der Waals surface area contributed by atoms with Crippen LogP contribution in [0.15, 0.2) is 42.6 Å². The highest BCUT2D eigenvalue weighted by Crippen LogP contribution is 2.27. The van der Waals surface area contributed by atoms with Crippen LogP contribution in [0.3, 0.4) is 0 Å². The number of imidazole rings is 1. The van der Waals surface area contributed by atoms with Crippen LogP contribution in [0.2, 0.25) is 0 Å². The first kappa shape index (κ1) is 17.1. The van der Waals surface area contributed by atoms with E-state index in [0.717, 1.165) is 22.6 Å². The Bertz CT molecular complexity index is 896. The molecule has 1 amide bonds. The van der Waals surface area contributed by atoms with E-state index in [4.69, 9.17) is 4.98 Å². The van der Waals surface area contributed by atoms with Gasteiger partial charge >= 0.3 is 0 Å². The van der Waals surface area contributed by atoms with E-state index in [1.165, 1.54) is 0 Å². The molecule has 0 aliphatic carbocycles. The number of hydrogen-bond donors (Lipinski definition) is 1. The van der Waals surface area contributed by atoms with Crippen molar-refractivity contribution in [2.24, 2.45) is 5.92 Å². The molecule has 0 radical (unpaired) electrons. The number of nitrogens with one attached hydrogen (secondary N) is 1. The van der Waals surface area contributed by atoms with Crippen molar-refractivity contribution in [2.75, 3.05) is 6.54 Å². The Balaban J connectivity index is 2.03. The number of carbonyl (C=O) groups is 1. The summed E-state index contributed by atoms with van der Waals surface area (Å²) >= 11 is 0. The molecule has 0 fully saturated rings. The number of carbonyl (C=O) groups excluding carboxylic acids is 1. The SMILES string of the molecule is CC(C)CNC(=O)c1cccc(-c2nc3cccnc3n2C(C)C)c1. The zero-order valence-electron chi connectivity index (χ0n) is 15.2. The predicted molar refractivity (Wildman–Crippen MR) is 101 cm³/mol. The molecule has 0 atom stereocenters. The van der Waals surface area contributed by atoms with E-state index in [0.29, 0.717) is 18.0 Å². The van der Waals surface area contributed by atoms with Gasteiger partial charge in [-0.1, -0.05) is 26.0 Å². The van der Waals surface area contributed by atoms with Gasteiger partial charge in [0.2, 0.25) is 0 Å². The molecule has 1 aromatic carbocycles. The molecule has 0 saturated carbocycles. The zero-order valence-corrected chi connectivity index (χ0v) is 15.2. The molecule has 0 aliphatic heterocycles. The first-order valence-electron chi connectivity index (χ1n) is 8.69. The molecular formula is C20H24N4O. The summed E-state index contributed by atoms with van der Waals surface area (Å²) in [4.78, 5) is 21.6. The Morgan fingerprint density at radius 1 is 1.16 bits per heavy atom. The van der Waals surface area contributed by atoms with Crippen LogP contribution in [0.5, 0.6) is 0 Å². The van der Waals surface area contributed by atoms with Crippen molar-refractivity contribution >= 4 is 17.1 Å². The zero-order chi connectivity index (χ0) is 18.0. The van der Waals surface area contributed by atoms with E-state index in [2.05, 4.69) is 42.6 Å². The molecular weight excluding hydrogens is 312 g/mol. The third-order valence-corrected chi connectivity index (χ3v) is 4.02. The molecule has 0 bridgehead atoms. The number of rotatable bonds is 5. The van der Waals surface area contributed by atoms with Crippen LogP contribution < -0.4 is 5.32 Å². The highest BCUT2D eigenvalue weighted by Gasteiger charge is 2.17. The van der Waals surface area contributed by atoms with Gasteiger partial charge in [-0.3, -0.25) is 4.79 Å². The first-order chi connectivity index (χ1) is 12.0. The van der Waals surface area contributed by atoms with Crippen LogP contribution in [0, 0.1) is 5.92 Å². The highest BCUT2D eigenvalue weighted by molar-refractivity contribution is 5.95. The van der Waals surface area contributed by atoms with Gasteiger partial charge in [0.1, 0.15) is 11.3 Å². The van der Waals surface area contributed by atoms with Crippen LogP contribution in [-0.2, 0) is 0 Å². The number of aromatic nitrogens is 3. The second kappa shape index (κ2) is 7.05. The number of hydrogen-bond acceptors (Lipinski definition) is 3. The fraction of sp³-hybridized carbons (Fsp3) is 0.350. The van der Waals surface area contributed by atoms with E-state index >= 15 is 0 Å². The number of pyridine rings is 1. The van der Waals surface area contributed by atoms with Crippen molar-refractivity contribution in [3.05, 3.63) is 48.2 Å². The molecule has 1 N–H and O–H groups in total. The third kappa shape index (κ3) is 3.55. The largest absolute Gasteiger partial charge is 0.352 e. The smallest absolute Gasteiger partial charge is 0.251 e. The summed E-state index contributed by atoms with van der Waals surface area (Å²) < 4.78 is 2.11. The van der Waals surface area contributed by atoms with Gasteiger partial charge in [-0.15, -0.1) is 0 Å². The second-order valence-corrected chi connectivity index (χ2v) is 6.93. The highest BCUT2D eigenvalue weighted by atomic mass is 16.1. The van der Waals surface area contributed by atoms with Crippen LogP contribution in [-0.4, -0.2) is 27.0 Å². The maximum Gasteiger partial charge on any atom is 0.251 e. The predicted octanol–water partition coefficient (Wildman–Crippen LogP) is 4.07. The number of benzene rings is 1. The number of amides is 1. The van der Waals surface area contributed by atoms with Gasteiger partial charge in [0.15, 0.2) is 5.65 Å². The third-order valence-electron chi connectivity index (χ3n) is 4.02. The van der Waals surface area contributed by atoms with Gasteiger partial charge in [0.05, 0.1) is 0 Å². The van der Waals surface area contributed by atoms with Crippen molar-refractivity contribution in [3.63, 3.8) is 0 Å². The molecule has 0 unspecified atom stereocenters. The summed E-state index contributed by atoms with van der Waals surface area (Å²) in [5.74, 6) is 1.20. The van der Waals surface area contributed by atoms with Crippen molar-refractivity contribution in [1.29, 1.82) is 0 Å². The molecule has 0 aliphatic rings. The average molecular weight is 336 g/mol. The molecule has 5 nitrogen and oxygen atoms in total. The maximum atomic E-state index is 12.4. The van der Waals surface area contributed by atoms with Crippen LogP contribution in [0.1, 0.15) is 44.1 Å². The van der Waals surface area contributed by atoms with Crippen molar-refractivity contribution < 1.29 is 4.79 Å². The van der Waals surface area contributed by atoms with Gasteiger partial charge in [0, 0.05) is 29.9 Å². The van der Waals surface area contributed by atoms with E-state index in [1.54, 1.807) is 6.20 Å². The summed E-state index contributed by atoms with van der Waals surface area (Å²) in [6.07, 6.45) is 1.78. The van der Waals surface area contributed by atoms with Crippen molar-refractivity contribution in [1.82, 2.24) is 19.9 Å². The minimum absolute atomic E-state index is 0.0547. The summed E-state index contributed by atoms with van der Waals surface area (Å²) in [7, 11) is 0. The minimum Gasteiger partial charge on any atom is -0.352 e. The van der Waals surface area contributed by atoms with Crippen LogP contribution in [0.25, 0.3) is 22.6 Å². The first-order valence-corrected chi connectivity index (χ1v) is 8.69. The lowest BCUT2D eigenvalue weighted by Gasteiger charge is -2.13. The molecule has 3 rings (SSSR count). The van der Waals surface area contributed by atoms with Crippen LogP contribution >= 0.6 is 0 Å². The molecule has 2 aromatic heterocycles. The number of nitrogens with zero attached hydrogens (tertiary/aromatic N) is 3. The van der Waals surface area contributed by atoms with Gasteiger partial charge in [0.25, 0.3) is 5.91 Å². The summed E-state index contributed by atoms with van der Waals surface area (Å²) in [6.45, 7) is 9.04. The van der Waals surface area contributed by atoms with Gasteiger partial charge in [-0.2, -0.15) is 0 Å². The summed E-state index contributed by atoms with van der Waals surface area (Å²) in [6, 6.07) is 11.7. The molecule has 0 spiro atoms. The normalized spacial score (nSPS) is 11.4. The van der Waals surface area contributed by atoms with E-state index in [9.17, 15) is 4.79 Å². The van der Waals surface area contributed by atoms with E-state index < -0.39 is 0 Å². The Morgan fingerprint density at radius 3 is 2.68 bits per heavy atom. The summed E-state index contributed by atoms with van der Waals surface area (Å²) in [5.41, 5.74) is 3.29. The Kier molecular flexibility index (Phi) is 4.83. The van der Waals surface area contributed by atoms with Crippen molar-refractivity contribution in [2.45, 2.75) is 33.7 Å². The number of fused-ring (bicyclic) bond motifs is 1. The standard InChI is InChI=1S/C20H24N4O/c1-13(2)12-22-20(25)16-8-5-7-15(11-16)18-23-17-9-6-10-21-19(17)24(18)14(3)4/h5-11,13-14H,12H2,1-4H3,(H,22,25). The fourth-order valence-corrected chi connectivity index (χ4v) is 2.82. The molecule has 130 valence electrons. The van der Waals surface area contributed by atoms with Gasteiger partial charge in [-0.25, -0.2) is 9.97 Å². The quantitative estimate of drug-likeness (QED) is 0.764. The second-order valence-electron chi connectivity index (χ2n) is 6.93. The Hall–Kier alpha value is -2.69. The monoisotopic (exact) mass is 336 g/mol. The molecule has 5 heteroatoms. The lowest BCUT2D eigenvalue weighted by atomic mass is 10.1. The molecule has 25 heavy (non-hydrogen) atoms. The maximum absolute atomic E-state index is 12.4. The topological polar surface area (TPSA) is 59.8 Å². The average Bonchev–Trinajstić information content (AvgIpc) is 2.99.